The average Bonchev–Trinajstić information content (AvgIpc) is 3.63. The molecule has 5 amide bonds. The Balaban J connectivity index is 0.651. The Labute approximate surface area is 397 Å². The van der Waals surface area contributed by atoms with Crippen LogP contribution in [0.5, 0.6) is 17.4 Å². The van der Waals surface area contributed by atoms with E-state index in [-0.39, 0.29) is 36.5 Å². The smallest absolute Gasteiger partial charge is 0.259 e. The van der Waals surface area contributed by atoms with Gasteiger partial charge in [-0.25, -0.2) is 4.98 Å². The van der Waals surface area contributed by atoms with Gasteiger partial charge in [0.2, 0.25) is 29.5 Å². The second kappa shape index (κ2) is 22.7. The fraction of sp³-hybridized carbons (Fsp3) is 0.396. The maximum atomic E-state index is 13.4. The molecule has 5 aromatic rings. The molecule has 0 bridgehead atoms. The topological polar surface area (TPSA) is 181 Å². The van der Waals surface area contributed by atoms with Gasteiger partial charge >= 0.3 is 0 Å². The molecule has 0 radical (unpaired) electrons. The van der Waals surface area contributed by atoms with E-state index in [1.54, 1.807) is 13.2 Å². The number of carbonyl (C=O) groups is 5. The largest absolute Gasteiger partial charge is 0.486 e. The van der Waals surface area contributed by atoms with Crippen LogP contribution in [0.25, 0.3) is 22.0 Å². The maximum absolute atomic E-state index is 13.4. The highest BCUT2D eigenvalue weighted by Crippen LogP contribution is 2.42. The van der Waals surface area contributed by atoms with E-state index < -0.39 is 11.9 Å². The number of unbranched alkanes of at least 4 members (excludes halogenated alkanes) is 7. The van der Waals surface area contributed by atoms with Crippen molar-refractivity contribution in [3.8, 4) is 28.6 Å². The van der Waals surface area contributed by atoms with Gasteiger partial charge in [-0.15, -0.1) is 0 Å². The zero-order valence-corrected chi connectivity index (χ0v) is 39.0. The van der Waals surface area contributed by atoms with Gasteiger partial charge in [0, 0.05) is 67.6 Å². The number of methoxy groups -OCH3 is 1. The first-order chi connectivity index (χ1) is 33.2. The predicted octanol–water partition coefficient (Wildman–Crippen LogP) is 7.96. The van der Waals surface area contributed by atoms with Crippen LogP contribution in [0.4, 0.5) is 17.1 Å². The molecule has 0 saturated carbocycles. The normalized spacial score (nSPS) is 15.1. The van der Waals surface area contributed by atoms with Gasteiger partial charge in [-0.05, 0) is 91.4 Å². The van der Waals surface area contributed by atoms with Crippen molar-refractivity contribution in [2.24, 2.45) is 0 Å². The van der Waals surface area contributed by atoms with Crippen molar-refractivity contribution < 1.29 is 38.2 Å². The van der Waals surface area contributed by atoms with Gasteiger partial charge in [-0.2, -0.15) is 0 Å². The molecule has 68 heavy (non-hydrogen) atoms. The number of amides is 5. The van der Waals surface area contributed by atoms with Crippen molar-refractivity contribution in [2.75, 3.05) is 50.7 Å². The third-order valence-electron chi connectivity index (χ3n) is 12.8. The van der Waals surface area contributed by atoms with E-state index in [1.165, 1.54) is 4.90 Å². The molecule has 0 spiro atoms. The van der Waals surface area contributed by atoms with Crippen molar-refractivity contribution in [3.63, 3.8) is 0 Å². The number of carbonyl (C=O) groups excluding carboxylic acids is 5. The second-order valence-electron chi connectivity index (χ2n) is 17.7. The summed E-state index contributed by atoms with van der Waals surface area (Å²) in [5.74, 6) is 0.936. The average molecular weight is 924 g/mol. The van der Waals surface area contributed by atoms with Crippen LogP contribution >= 0.6 is 0 Å². The molecule has 1 fully saturated rings. The van der Waals surface area contributed by atoms with Gasteiger partial charge in [0.1, 0.15) is 24.9 Å². The number of benzene rings is 4. The van der Waals surface area contributed by atoms with E-state index in [0.29, 0.717) is 67.8 Å². The molecule has 4 N–H and O–H groups in total. The molecule has 15 nitrogen and oxygen atoms in total. The lowest BCUT2D eigenvalue weighted by Crippen LogP contribution is -2.53. The van der Waals surface area contributed by atoms with E-state index in [4.69, 9.17) is 19.2 Å². The summed E-state index contributed by atoms with van der Waals surface area (Å²) in [7, 11) is 3.66. The van der Waals surface area contributed by atoms with Crippen molar-refractivity contribution in [3.05, 3.63) is 102 Å². The number of nitrogens with one attached hydrogen (secondary N) is 4. The van der Waals surface area contributed by atoms with Gasteiger partial charge in [-0.1, -0.05) is 74.9 Å². The van der Waals surface area contributed by atoms with Crippen LogP contribution in [0.15, 0.2) is 84.9 Å². The monoisotopic (exact) mass is 923 g/mol. The summed E-state index contributed by atoms with van der Waals surface area (Å²) in [4.78, 5) is 71.5. The summed E-state index contributed by atoms with van der Waals surface area (Å²) in [6, 6.07) is 26.4. The van der Waals surface area contributed by atoms with Crippen LogP contribution in [-0.4, -0.2) is 85.9 Å². The van der Waals surface area contributed by atoms with Crippen LogP contribution in [0.1, 0.15) is 98.5 Å². The molecule has 8 rings (SSSR count). The number of aromatic nitrogens is 1. The van der Waals surface area contributed by atoms with E-state index in [9.17, 15) is 24.0 Å². The van der Waals surface area contributed by atoms with Gasteiger partial charge in [-0.3, -0.25) is 34.2 Å². The SMILES string of the molecule is COc1nc(-c2cccc3c2OCCO3)ccc1Nc1ccc(CN(C)CCNC(=O)CCCCCCCCCCC(=O)NCc2ccc3c4c(cccc24)C(=O)N3C2CCC(=O)NC2=O)cc1. The lowest BCUT2D eigenvalue weighted by atomic mass is 10.00. The highest BCUT2D eigenvalue weighted by Gasteiger charge is 2.41. The van der Waals surface area contributed by atoms with Crippen LogP contribution < -0.4 is 40.4 Å². The number of piperidine rings is 1. The molecule has 1 saturated heterocycles. The first-order valence-electron chi connectivity index (χ1n) is 23.9. The first kappa shape index (κ1) is 47.5. The van der Waals surface area contributed by atoms with E-state index >= 15 is 0 Å². The lowest BCUT2D eigenvalue weighted by molar-refractivity contribution is -0.134. The molecule has 3 aliphatic heterocycles. The number of anilines is 3. The number of para-hydroxylation sites is 1. The summed E-state index contributed by atoms with van der Waals surface area (Å²) < 4.78 is 17.3. The predicted molar refractivity (Wildman–Crippen MR) is 261 cm³/mol. The van der Waals surface area contributed by atoms with E-state index in [1.807, 2.05) is 66.7 Å². The molecular formula is C53H61N7O8. The number of pyridine rings is 1. The van der Waals surface area contributed by atoms with Crippen LogP contribution in [0.2, 0.25) is 0 Å². The zero-order chi connectivity index (χ0) is 47.4. The van der Waals surface area contributed by atoms with Crippen LogP contribution in [0.3, 0.4) is 0 Å². The molecule has 1 atom stereocenters. The number of imide groups is 1. The highest BCUT2D eigenvalue weighted by molar-refractivity contribution is 6.27. The number of fused-ring (bicyclic) bond motifs is 1. The second-order valence-corrected chi connectivity index (χ2v) is 17.7. The number of nitrogens with zero attached hydrogens (tertiary/aromatic N) is 3. The minimum absolute atomic E-state index is 0.00749. The fourth-order valence-electron chi connectivity index (χ4n) is 9.20. The van der Waals surface area contributed by atoms with Gasteiger partial charge in [0.25, 0.3) is 5.91 Å². The summed E-state index contributed by atoms with van der Waals surface area (Å²) in [5.41, 5.74) is 6.50. The standard InChI is InChI=1S/C53H61N7O8/c1-59(34-35-19-22-37(23-20-35)56-42-25-24-41(57-52(42)66-2)39-14-12-16-45-50(39)68-32-31-67-45)30-29-54-46(61)17-9-7-5-3-4-6-8-10-18-47(62)55-33-36-21-26-43-49-38(36)13-11-15-40(49)53(65)60(43)44-27-28-48(63)58-51(44)64/h11-16,19-26,44,56H,3-10,17-18,27-34H2,1-2H3,(H,54,61)(H,55,62)(H,58,63,64). The van der Waals surface area contributed by atoms with Gasteiger partial charge in [0.05, 0.1) is 18.5 Å². The Hall–Kier alpha value is -7.00. The molecule has 15 heteroatoms. The molecule has 0 aliphatic carbocycles. The van der Waals surface area contributed by atoms with Gasteiger partial charge in [0.15, 0.2) is 11.5 Å². The van der Waals surface area contributed by atoms with Crippen molar-refractivity contribution in [1.29, 1.82) is 0 Å². The van der Waals surface area contributed by atoms with Crippen molar-refractivity contribution >= 4 is 57.4 Å². The number of ether oxygens (including phenoxy) is 3. The zero-order valence-electron chi connectivity index (χ0n) is 39.0. The Morgan fingerprint density at radius 1 is 0.809 bits per heavy atom. The fourth-order valence-corrected chi connectivity index (χ4v) is 9.20. The summed E-state index contributed by atoms with van der Waals surface area (Å²) >= 11 is 0. The maximum Gasteiger partial charge on any atom is 0.259 e. The Morgan fingerprint density at radius 2 is 1.51 bits per heavy atom. The number of hydrogen-bond acceptors (Lipinski definition) is 11. The number of rotatable bonds is 23. The minimum Gasteiger partial charge on any atom is -0.486 e. The Bertz CT molecular complexity index is 2640. The third-order valence-corrected chi connectivity index (χ3v) is 12.8. The third kappa shape index (κ3) is 11.6. The molecular weight excluding hydrogens is 863 g/mol. The van der Waals surface area contributed by atoms with Crippen LogP contribution in [-0.2, 0) is 32.3 Å². The highest BCUT2D eigenvalue weighted by atomic mass is 16.6. The number of likely N-dealkylation sites (N-methyl/N-ethyl adjacent to an activating group) is 1. The molecule has 4 aromatic carbocycles. The van der Waals surface area contributed by atoms with Crippen molar-refractivity contribution in [1.82, 2.24) is 25.8 Å². The summed E-state index contributed by atoms with van der Waals surface area (Å²) in [5, 5.41) is 13.5. The summed E-state index contributed by atoms with van der Waals surface area (Å²) in [6.45, 7) is 3.46. The van der Waals surface area contributed by atoms with Crippen molar-refractivity contribution in [2.45, 2.75) is 96.2 Å². The molecule has 356 valence electrons. The van der Waals surface area contributed by atoms with E-state index in [0.717, 1.165) is 109 Å². The lowest BCUT2D eigenvalue weighted by Gasteiger charge is -2.30. The molecule has 1 unspecified atom stereocenters. The Kier molecular flexibility index (Phi) is 15.8. The molecule has 1 aromatic heterocycles. The molecule has 4 heterocycles. The Morgan fingerprint density at radius 3 is 2.26 bits per heavy atom. The van der Waals surface area contributed by atoms with Gasteiger partial charge < -0.3 is 35.1 Å². The summed E-state index contributed by atoms with van der Waals surface area (Å²) in [6.07, 6.45) is 9.55. The first-order valence-corrected chi connectivity index (χ1v) is 23.9. The van der Waals surface area contributed by atoms with E-state index in [2.05, 4.69) is 45.3 Å². The molecule has 3 aliphatic rings. The van der Waals surface area contributed by atoms with Crippen LogP contribution in [0, 0.1) is 0 Å². The minimum atomic E-state index is -0.737. The number of hydrogen-bond donors (Lipinski definition) is 4. The quantitative estimate of drug-likeness (QED) is 0.0369.